The molecule has 0 bridgehead atoms. The summed E-state index contributed by atoms with van der Waals surface area (Å²) in [6.45, 7) is 7.08. The summed E-state index contributed by atoms with van der Waals surface area (Å²) in [5.74, 6) is 0.579. The molecule has 0 spiro atoms. The number of rotatable bonds is 18. The zero-order valence-corrected chi connectivity index (χ0v) is 21.3. The molecule has 184 valence electrons. The number of aryl methyl sites for hydroxylation is 1. The van der Waals surface area contributed by atoms with Gasteiger partial charge in [-0.1, -0.05) is 116 Å². The molecule has 0 saturated carbocycles. The van der Waals surface area contributed by atoms with E-state index in [0.29, 0.717) is 24.9 Å². The lowest BCUT2D eigenvalue weighted by Gasteiger charge is -2.06. The second-order valence-corrected chi connectivity index (χ2v) is 9.06. The van der Waals surface area contributed by atoms with Crippen molar-refractivity contribution >= 4 is 5.91 Å². The Balaban J connectivity index is 1.83. The Morgan fingerprint density at radius 3 is 1.94 bits per heavy atom. The molecule has 5 heteroatoms. The second-order valence-electron chi connectivity index (χ2n) is 9.06. The molecule has 0 saturated heterocycles. The predicted octanol–water partition coefficient (Wildman–Crippen LogP) is 8.03. The van der Waals surface area contributed by atoms with Crippen LogP contribution < -0.4 is 4.74 Å². The highest BCUT2D eigenvalue weighted by Gasteiger charge is 2.18. The fourth-order valence-corrected chi connectivity index (χ4v) is 3.96. The highest BCUT2D eigenvalue weighted by molar-refractivity contribution is 5.82. The number of aromatic nitrogens is 3. The average molecular weight is 456 g/mol. The zero-order chi connectivity index (χ0) is 23.7. The van der Waals surface area contributed by atoms with E-state index in [2.05, 4.69) is 43.0 Å². The molecular formula is C28H45N3O2. The fraction of sp³-hybridized carbons (Fsp3) is 0.679. The van der Waals surface area contributed by atoms with Gasteiger partial charge in [0.15, 0.2) is 5.82 Å². The smallest absolute Gasteiger partial charge is 0.336 e. The van der Waals surface area contributed by atoms with E-state index in [1.54, 1.807) is 0 Å². The maximum atomic E-state index is 13.0. The minimum Gasteiger partial charge on any atom is -0.462 e. The Morgan fingerprint density at radius 1 is 0.788 bits per heavy atom. The van der Waals surface area contributed by atoms with Gasteiger partial charge >= 0.3 is 6.01 Å². The van der Waals surface area contributed by atoms with Crippen molar-refractivity contribution in [1.29, 1.82) is 0 Å². The molecule has 0 N–H and O–H groups in total. The summed E-state index contributed by atoms with van der Waals surface area (Å²) in [7, 11) is 0. The molecule has 5 nitrogen and oxygen atoms in total. The summed E-state index contributed by atoms with van der Waals surface area (Å²) in [4.78, 5) is 17.5. The van der Waals surface area contributed by atoms with Crippen LogP contribution in [0.25, 0.3) is 11.4 Å². The molecule has 0 unspecified atom stereocenters. The van der Waals surface area contributed by atoms with Crippen molar-refractivity contribution in [3.8, 4) is 17.4 Å². The van der Waals surface area contributed by atoms with Crippen molar-refractivity contribution in [3.05, 3.63) is 29.8 Å². The highest BCUT2D eigenvalue weighted by atomic mass is 16.5. The molecular weight excluding hydrogens is 410 g/mol. The second kappa shape index (κ2) is 16.4. The molecule has 33 heavy (non-hydrogen) atoms. The molecule has 0 atom stereocenters. The van der Waals surface area contributed by atoms with Gasteiger partial charge in [-0.05, 0) is 24.8 Å². The van der Waals surface area contributed by atoms with Gasteiger partial charge in [0.05, 0.1) is 6.61 Å². The lowest BCUT2D eigenvalue weighted by Crippen LogP contribution is -2.14. The fourth-order valence-electron chi connectivity index (χ4n) is 3.96. The maximum Gasteiger partial charge on any atom is 0.336 e. The van der Waals surface area contributed by atoms with E-state index in [4.69, 9.17) is 4.74 Å². The summed E-state index contributed by atoms with van der Waals surface area (Å²) in [5, 5.41) is 4.40. The molecule has 0 aliphatic carbocycles. The first-order valence-electron chi connectivity index (χ1n) is 13.4. The number of ether oxygens (including phenoxy) is 1. The molecule has 1 aromatic heterocycles. The summed E-state index contributed by atoms with van der Waals surface area (Å²) >= 11 is 0. The van der Waals surface area contributed by atoms with Gasteiger partial charge in [-0.15, -0.1) is 5.10 Å². The number of carbonyl (C=O) groups is 1. The first kappa shape index (κ1) is 27.1. The number of nitrogens with zero attached hydrogens (tertiary/aromatic N) is 3. The van der Waals surface area contributed by atoms with E-state index in [-0.39, 0.29) is 5.91 Å². The third kappa shape index (κ3) is 10.1. The van der Waals surface area contributed by atoms with Crippen LogP contribution in [0, 0.1) is 0 Å². The first-order valence-corrected chi connectivity index (χ1v) is 13.4. The van der Waals surface area contributed by atoms with Crippen LogP contribution in [0.5, 0.6) is 6.01 Å². The van der Waals surface area contributed by atoms with E-state index < -0.39 is 0 Å². The minimum absolute atomic E-state index is 0.00154. The largest absolute Gasteiger partial charge is 0.462 e. The average Bonchev–Trinajstić information content (AvgIpc) is 3.27. The lowest BCUT2D eigenvalue weighted by molar-refractivity contribution is 0.0882. The number of carbonyl (C=O) groups excluding carboxylic acids is 1. The quantitative estimate of drug-likeness (QED) is 0.213. The number of unbranched alkanes of at least 4 members (excludes halogenated alkanes) is 11. The van der Waals surface area contributed by atoms with Gasteiger partial charge in [0, 0.05) is 12.0 Å². The van der Waals surface area contributed by atoms with Crippen LogP contribution in [-0.2, 0) is 6.42 Å². The molecule has 0 radical (unpaired) electrons. The van der Waals surface area contributed by atoms with Crippen LogP contribution in [0.4, 0.5) is 0 Å². The van der Waals surface area contributed by atoms with Gasteiger partial charge in [-0.25, -0.2) is 0 Å². The van der Waals surface area contributed by atoms with E-state index in [9.17, 15) is 4.79 Å². The lowest BCUT2D eigenvalue weighted by atomic mass is 10.1. The monoisotopic (exact) mass is 455 g/mol. The van der Waals surface area contributed by atoms with Crippen molar-refractivity contribution in [2.75, 3.05) is 6.61 Å². The maximum absolute atomic E-state index is 13.0. The SMILES string of the molecule is CCCCCCCCCCCCCC(=O)n1nc(OCCCC)nc1-c1ccc(CC)cc1. The van der Waals surface area contributed by atoms with Gasteiger partial charge in [0.1, 0.15) is 0 Å². The van der Waals surface area contributed by atoms with E-state index in [0.717, 1.165) is 37.7 Å². The van der Waals surface area contributed by atoms with Crippen molar-refractivity contribution in [1.82, 2.24) is 14.8 Å². The van der Waals surface area contributed by atoms with Crippen molar-refractivity contribution in [2.45, 2.75) is 117 Å². The van der Waals surface area contributed by atoms with Crippen LogP contribution in [0.15, 0.2) is 24.3 Å². The van der Waals surface area contributed by atoms with Crippen molar-refractivity contribution in [2.24, 2.45) is 0 Å². The van der Waals surface area contributed by atoms with Crippen LogP contribution in [-0.4, -0.2) is 27.3 Å². The van der Waals surface area contributed by atoms with E-state index in [1.165, 1.54) is 68.0 Å². The van der Waals surface area contributed by atoms with E-state index >= 15 is 0 Å². The van der Waals surface area contributed by atoms with Gasteiger partial charge < -0.3 is 4.74 Å². The molecule has 0 aliphatic rings. The first-order chi connectivity index (χ1) is 16.2. The van der Waals surface area contributed by atoms with Gasteiger partial charge in [0.2, 0.25) is 5.91 Å². The highest BCUT2D eigenvalue weighted by Crippen LogP contribution is 2.22. The number of hydrogen-bond acceptors (Lipinski definition) is 4. The number of hydrogen-bond donors (Lipinski definition) is 0. The summed E-state index contributed by atoms with van der Waals surface area (Å²) in [6, 6.07) is 8.50. The molecule has 1 heterocycles. The van der Waals surface area contributed by atoms with E-state index in [1.807, 2.05) is 12.1 Å². The predicted molar refractivity (Wildman–Crippen MR) is 137 cm³/mol. The third-order valence-electron chi connectivity index (χ3n) is 6.17. The van der Waals surface area contributed by atoms with Gasteiger partial charge in [-0.3, -0.25) is 4.79 Å². The standard InChI is InChI=1S/C28H45N3O2/c1-4-7-9-10-11-12-13-14-15-16-17-18-26(32)31-27(25-21-19-24(6-3)20-22-25)29-28(30-31)33-23-8-5-2/h19-22H,4-18,23H2,1-3H3. The normalized spacial score (nSPS) is 11.1. The van der Waals surface area contributed by atoms with Crippen molar-refractivity contribution < 1.29 is 9.53 Å². The summed E-state index contributed by atoms with van der Waals surface area (Å²) in [6.07, 6.45) is 17.4. The van der Waals surface area contributed by atoms with Gasteiger partial charge in [0.25, 0.3) is 0 Å². The summed E-state index contributed by atoms with van der Waals surface area (Å²) in [5.41, 5.74) is 2.16. The Labute approximate surface area is 201 Å². The Morgan fingerprint density at radius 2 is 1.36 bits per heavy atom. The minimum atomic E-state index is -0.00154. The molecule has 0 amide bonds. The van der Waals surface area contributed by atoms with Crippen LogP contribution in [0.1, 0.15) is 121 Å². The topological polar surface area (TPSA) is 57.0 Å². The molecule has 0 aliphatic heterocycles. The van der Waals surface area contributed by atoms with Crippen molar-refractivity contribution in [3.63, 3.8) is 0 Å². The molecule has 0 fully saturated rings. The Kier molecular flexibility index (Phi) is 13.5. The summed E-state index contributed by atoms with van der Waals surface area (Å²) < 4.78 is 7.16. The molecule has 2 aromatic rings. The van der Waals surface area contributed by atoms with Crippen LogP contribution in [0.2, 0.25) is 0 Å². The molecule has 1 aromatic carbocycles. The Hall–Kier alpha value is -2.17. The molecule has 2 rings (SSSR count). The third-order valence-corrected chi connectivity index (χ3v) is 6.17. The van der Waals surface area contributed by atoms with Gasteiger partial charge in [-0.2, -0.15) is 9.67 Å². The Bertz CT molecular complexity index is 783. The van der Waals surface area contributed by atoms with Crippen LogP contribution >= 0.6 is 0 Å². The van der Waals surface area contributed by atoms with Crippen LogP contribution in [0.3, 0.4) is 0 Å². The number of benzene rings is 1. The zero-order valence-electron chi connectivity index (χ0n) is 21.3.